The molecule has 9 heteroatoms. The number of fused-ring (bicyclic) bond motifs is 1. The molecule has 158 valence electrons. The van der Waals surface area contributed by atoms with Gasteiger partial charge in [0.2, 0.25) is 0 Å². The highest BCUT2D eigenvalue weighted by molar-refractivity contribution is 5.95. The van der Waals surface area contributed by atoms with E-state index >= 15 is 0 Å². The molecule has 1 aromatic carbocycles. The molecule has 0 saturated carbocycles. The highest BCUT2D eigenvalue weighted by atomic mass is 19.1. The first kappa shape index (κ1) is 19.6. The molecule has 1 N–H and O–H groups in total. The molecule has 5 rings (SSSR count). The number of hydrogen-bond donors (Lipinski definition) is 1. The molecule has 4 aromatic rings. The van der Waals surface area contributed by atoms with E-state index in [-0.39, 0.29) is 17.6 Å². The average Bonchev–Trinajstić information content (AvgIpc) is 3.17. The van der Waals surface area contributed by atoms with Crippen LogP contribution < -0.4 is 5.32 Å². The summed E-state index contributed by atoms with van der Waals surface area (Å²) in [6.45, 7) is 1.19. The van der Waals surface area contributed by atoms with Crippen LogP contribution in [0.1, 0.15) is 15.9 Å². The number of hydrogen-bond acceptors (Lipinski definition) is 6. The normalized spacial score (nSPS) is 13.6. The number of pyridine rings is 2. The molecule has 0 radical (unpaired) electrons. The second-order valence-corrected chi connectivity index (χ2v) is 7.61. The maximum Gasteiger partial charge on any atom is 0.254 e. The predicted octanol–water partition coefficient (Wildman–Crippen LogP) is 3.35. The van der Waals surface area contributed by atoms with Crippen molar-refractivity contribution in [2.24, 2.45) is 5.92 Å². The van der Waals surface area contributed by atoms with Gasteiger partial charge in [-0.2, -0.15) is 10.4 Å². The van der Waals surface area contributed by atoms with Gasteiger partial charge in [-0.05, 0) is 18.2 Å². The maximum absolute atomic E-state index is 14.1. The van der Waals surface area contributed by atoms with Gasteiger partial charge in [0, 0.05) is 48.1 Å². The molecule has 1 saturated heterocycles. The van der Waals surface area contributed by atoms with E-state index in [0.717, 1.165) is 10.9 Å². The van der Waals surface area contributed by atoms with E-state index in [1.807, 2.05) is 6.07 Å². The Bertz CT molecular complexity index is 1350. The minimum Gasteiger partial charge on any atom is -0.336 e. The number of aromatic nitrogens is 4. The van der Waals surface area contributed by atoms with Crippen LogP contribution in [0.3, 0.4) is 0 Å². The van der Waals surface area contributed by atoms with Gasteiger partial charge in [0.25, 0.3) is 5.91 Å². The lowest BCUT2D eigenvalue weighted by Crippen LogP contribution is -2.49. The number of nitrogens with one attached hydrogen (secondary N) is 1. The molecule has 3 aromatic heterocycles. The molecule has 0 aliphatic carbocycles. The number of nitriles is 1. The van der Waals surface area contributed by atoms with Gasteiger partial charge in [0.15, 0.2) is 0 Å². The van der Waals surface area contributed by atoms with Crippen molar-refractivity contribution in [2.75, 3.05) is 18.4 Å². The van der Waals surface area contributed by atoms with Crippen molar-refractivity contribution in [3.8, 4) is 6.07 Å². The predicted molar refractivity (Wildman–Crippen MR) is 116 cm³/mol. The number of rotatable bonds is 5. The fraction of sp³-hybridized carbons (Fsp3) is 0.174. The molecule has 0 bridgehead atoms. The summed E-state index contributed by atoms with van der Waals surface area (Å²) in [4.78, 5) is 22.9. The molecule has 1 amide bonds. The summed E-state index contributed by atoms with van der Waals surface area (Å²) in [5.41, 5.74) is 1.83. The first-order valence-electron chi connectivity index (χ1n) is 10.1. The standard InChI is InChI=1S/C23H18FN7O/c24-19-4-2-1-3-17(19)14-31-20-8-22(27-10-18(20)11-28-31)29-21-7-16(5-6-26-21)23(32)30-12-15(9-25)13-30/h1-8,10-11,15H,12-14H2,(H,26,27,29). The van der Waals surface area contributed by atoms with E-state index in [2.05, 4.69) is 26.5 Å². The molecule has 1 fully saturated rings. The largest absolute Gasteiger partial charge is 0.336 e. The van der Waals surface area contributed by atoms with Crippen molar-refractivity contribution in [3.05, 3.63) is 78.0 Å². The summed E-state index contributed by atoms with van der Waals surface area (Å²) >= 11 is 0. The SMILES string of the molecule is N#CC1CN(C(=O)c2ccnc(Nc3cc4c(cn3)cnn4Cc3ccccc3F)c2)C1. The zero-order chi connectivity index (χ0) is 22.1. The molecule has 8 nitrogen and oxygen atoms in total. The van der Waals surface area contributed by atoms with Gasteiger partial charge in [-0.15, -0.1) is 0 Å². The Morgan fingerprint density at radius 1 is 1.16 bits per heavy atom. The summed E-state index contributed by atoms with van der Waals surface area (Å²) in [6.07, 6.45) is 4.92. The van der Waals surface area contributed by atoms with Crippen LogP contribution in [-0.4, -0.2) is 43.6 Å². The number of nitrogens with zero attached hydrogens (tertiary/aromatic N) is 6. The number of halogens is 1. The van der Waals surface area contributed by atoms with Crippen molar-refractivity contribution in [3.63, 3.8) is 0 Å². The van der Waals surface area contributed by atoms with E-state index in [0.29, 0.717) is 42.4 Å². The topological polar surface area (TPSA) is 99.7 Å². The van der Waals surface area contributed by atoms with Crippen molar-refractivity contribution in [1.82, 2.24) is 24.6 Å². The number of amides is 1. The smallest absolute Gasteiger partial charge is 0.254 e. The van der Waals surface area contributed by atoms with E-state index < -0.39 is 0 Å². The number of carbonyl (C=O) groups is 1. The molecule has 0 spiro atoms. The van der Waals surface area contributed by atoms with Crippen LogP contribution in [-0.2, 0) is 6.54 Å². The third kappa shape index (κ3) is 3.74. The lowest BCUT2D eigenvalue weighted by molar-refractivity contribution is 0.0577. The minimum atomic E-state index is -0.280. The molecule has 1 aliphatic rings. The third-order valence-electron chi connectivity index (χ3n) is 5.42. The molecule has 0 atom stereocenters. The van der Waals surface area contributed by atoms with Crippen molar-refractivity contribution in [1.29, 1.82) is 5.26 Å². The van der Waals surface area contributed by atoms with Crippen molar-refractivity contribution < 1.29 is 9.18 Å². The minimum absolute atomic E-state index is 0.0940. The lowest BCUT2D eigenvalue weighted by Gasteiger charge is -2.35. The monoisotopic (exact) mass is 427 g/mol. The Balaban J connectivity index is 1.36. The van der Waals surface area contributed by atoms with Gasteiger partial charge in [-0.3, -0.25) is 9.48 Å². The van der Waals surface area contributed by atoms with Crippen LogP contribution in [0.2, 0.25) is 0 Å². The number of benzene rings is 1. The van der Waals surface area contributed by atoms with Gasteiger partial charge in [0.1, 0.15) is 17.5 Å². The molecular formula is C23H18FN7O. The maximum atomic E-state index is 14.1. The number of carbonyl (C=O) groups excluding carboxylic acids is 1. The molecule has 4 heterocycles. The van der Waals surface area contributed by atoms with Crippen LogP contribution >= 0.6 is 0 Å². The van der Waals surface area contributed by atoms with Gasteiger partial charge >= 0.3 is 0 Å². The van der Waals surface area contributed by atoms with Crippen molar-refractivity contribution >= 4 is 28.4 Å². The Labute approximate surface area is 182 Å². The summed E-state index contributed by atoms with van der Waals surface area (Å²) in [5, 5.41) is 17.2. The first-order chi connectivity index (χ1) is 15.6. The Morgan fingerprint density at radius 2 is 1.97 bits per heavy atom. The van der Waals surface area contributed by atoms with Gasteiger partial charge in [-0.1, -0.05) is 18.2 Å². The molecular weight excluding hydrogens is 409 g/mol. The highest BCUT2D eigenvalue weighted by Gasteiger charge is 2.31. The molecule has 0 unspecified atom stereocenters. The number of likely N-dealkylation sites (tertiary alicyclic amines) is 1. The van der Waals surface area contributed by atoms with E-state index in [1.54, 1.807) is 58.5 Å². The summed E-state index contributed by atoms with van der Waals surface area (Å²) in [6, 6.07) is 13.9. The zero-order valence-corrected chi connectivity index (χ0v) is 16.9. The lowest BCUT2D eigenvalue weighted by atomic mass is 10.0. The molecule has 32 heavy (non-hydrogen) atoms. The second-order valence-electron chi connectivity index (χ2n) is 7.61. The molecule has 1 aliphatic heterocycles. The Morgan fingerprint density at radius 3 is 2.78 bits per heavy atom. The van der Waals surface area contributed by atoms with E-state index in [1.165, 1.54) is 6.07 Å². The summed E-state index contributed by atoms with van der Waals surface area (Å²) < 4.78 is 15.8. The van der Waals surface area contributed by atoms with E-state index in [9.17, 15) is 9.18 Å². The Kier molecular flexibility index (Phi) is 4.95. The van der Waals surface area contributed by atoms with Crippen molar-refractivity contribution in [2.45, 2.75) is 6.54 Å². The highest BCUT2D eigenvalue weighted by Crippen LogP contribution is 2.22. The average molecular weight is 427 g/mol. The van der Waals surface area contributed by atoms with Crippen LogP contribution in [0, 0.1) is 23.1 Å². The summed E-state index contributed by atoms with van der Waals surface area (Å²) in [5.74, 6) is 0.494. The fourth-order valence-electron chi connectivity index (χ4n) is 3.63. The second kappa shape index (κ2) is 8.07. The Hall–Kier alpha value is -4.32. The zero-order valence-electron chi connectivity index (χ0n) is 16.9. The summed E-state index contributed by atoms with van der Waals surface area (Å²) in [7, 11) is 0. The quantitative estimate of drug-likeness (QED) is 0.524. The van der Waals surface area contributed by atoms with Crippen LogP contribution in [0.15, 0.2) is 61.1 Å². The van der Waals surface area contributed by atoms with Gasteiger partial charge < -0.3 is 10.2 Å². The third-order valence-corrected chi connectivity index (χ3v) is 5.42. The van der Waals surface area contributed by atoms with E-state index in [4.69, 9.17) is 5.26 Å². The van der Waals surface area contributed by atoms with Crippen LogP contribution in [0.5, 0.6) is 0 Å². The van der Waals surface area contributed by atoms with Gasteiger partial charge in [0.05, 0.1) is 30.2 Å². The van der Waals surface area contributed by atoms with Crippen LogP contribution in [0.25, 0.3) is 10.9 Å². The fourth-order valence-corrected chi connectivity index (χ4v) is 3.63. The van der Waals surface area contributed by atoms with Crippen LogP contribution in [0.4, 0.5) is 16.0 Å². The first-order valence-corrected chi connectivity index (χ1v) is 10.1. The van der Waals surface area contributed by atoms with Gasteiger partial charge in [-0.25, -0.2) is 14.4 Å². The number of anilines is 2.